The average molecular weight is 172 g/mol. The molecule has 0 spiro atoms. The van der Waals surface area contributed by atoms with Crippen LogP contribution in [0.5, 0.6) is 0 Å². The van der Waals surface area contributed by atoms with E-state index in [0.717, 1.165) is 0 Å². The van der Waals surface area contributed by atoms with Crippen LogP contribution in [0.2, 0.25) is 5.22 Å². The second-order valence-electron chi connectivity index (χ2n) is 2.27. The molecule has 0 aliphatic rings. The van der Waals surface area contributed by atoms with Crippen LogP contribution in [0.3, 0.4) is 0 Å². The normalized spacial score (nSPS) is 12.9. The van der Waals surface area contributed by atoms with Gasteiger partial charge in [-0.15, -0.1) is 6.58 Å². The minimum atomic E-state index is -0.125. The molecule has 2 nitrogen and oxygen atoms in total. The number of furan rings is 1. The lowest BCUT2D eigenvalue weighted by atomic mass is 10.2. The molecule has 11 heavy (non-hydrogen) atoms. The molecular weight excluding hydrogens is 162 g/mol. The molecule has 0 radical (unpaired) electrons. The first-order valence-electron chi connectivity index (χ1n) is 3.35. The standard InChI is InChI=1S/C8H10ClNO/c1-2-3-6(10)7-4-5-8(9)11-7/h2,4-6H,1,3,10H2. The van der Waals surface area contributed by atoms with E-state index in [1.165, 1.54) is 0 Å². The molecule has 3 heteroatoms. The van der Waals surface area contributed by atoms with Crippen LogP contribution in [0.25, 0.3) is 0 Å². The van der Waals surface area contributed by atoms with E-state index < -0.39 is 0 Å². The number of hydrogen-bond donors (Lipinski definition) is 1. The molecule has 1 aromatic rings. The third-order valence-electron chi connectivity index (χ3n) is 1.38. The van der Waals surface area contributed by atoms with Crippen LogP contribution in [-0.2, 0) is 0 Å². The quantitative estimate of drug-likeness (QED) is 0.710. The lowest BCUT2D eigenvalue weighted by Crippen LogP contribution is -2.07. The van der Waals surface area contributed by atoms with Crippen LogP contribution in [0.4, 0.5) is 0 Å². The van der Waals surface area contributed by atoms with E-state index in [1.54, 1.807) is 18.2 Å². The Morgan fingerprint density at radius 2 is 2.45 bits per heavy atom. The fourth-order valence-corrected chi connectivity index (χ4v) is 0.975. The molecule has 2 N–H and O–H groups in total. The van der Waals surface area contributed by atoms with Gasteiger partial charge in [0.05, 0.1) is 6.04 Å². The number of rotatable bonds is 3. The molecular formula is C8H10ClNO. The molecule has 0 aliphatic carbocycles. The highest BCUT2D eigenvalue weighted by Gasteiger charge is 2.07. The van der Waals surface area contributed by atoms with Gasteiger partial charge in [0, 0.05) is 0 Å². The van der Waals surface area contributed by atoms with Crippen molar-refractivity contribution in [3.05, 3.63) is 35.8 Å². The first-order chi connectivity index (χ1) is 5.24. The van der Waals surface area contributed by atoms with Crippen LogP contribution in [-0.4, -0.2) is 0 Å². The van der Waals surface area contributed by atoms with Crippen molar-refractivity contribution in [1.82, 2.24) is 0 Å². The van der Waals surface area contributed by atoms with E-state index in [9.17, 15) is 0 Å². The smallest absolute Gasteiger partial charge is 0.193 e. The molecule has 0 amide bonds. The zero-order valence-electron chi connectivity index (χ0n) is 6.09. The van der Waals surface area contributed by atoms with Gasteiger partial charge in [-0.25, -0.2) is 0 Å². The molecule has 0 aromatic carbocycles. The van der Waals surface area contributed by atoms with E-state index >= 15 is 0 Å². The second kappa shape index (κ2) is 3.60. The average Bonchev–Trinajstić information content (AvgIpc) is 2.36. The van der Waals surface area contributed by atoms with Crippen LogP contribution in [0, 0.1) is 0 Å². The third-order valence-corrected chi connectivity index (χ3v) is 1.58. The number of halogens is 1. The SMILES string of the molecule is C=CCC(N)c1ccc(Cl)o1. The topological polar surface area (TPSA) is 39.2 Å². The van der Waals surface area contributed by atoms with Gasteiger partial charge in [-0.2, -0.15) is 0 Å². The summed E-state index contributed by atoms with van der Waals surface area (Å²) in [4.78, 5) is 0. The van der Waals surface area contributed by atoms with Crippen molar-refractivity contribution in [2.24, 2.45) is 5.73 Å². The van der Waals surface area contributed by atoms with Gasteiger partial charge in [0.25, 0.3) is 0 Å². The molecule has 0 saturated carbocycles. The van der Waals surface area contributed by atoms with Crippen molar-refractivity contribution >= 4 is 11.6 Å². The maximum absolute atomic E-state index is 5.70. The Morgan fingerprint density at radius 3 is 2.91 bits per heavy atom. The summed E-state index contributed by atoms with van der Waals surface area (Å²) in [6.07, 6.45) is 2.45. The van der Waals surface area contributed by atoms with Crippen molar-refractivity contribution in [3.63, 3.8) is 0 Å². The van der Waals surface area contributed by atoms with Crippen molar-refractivity contribution in [2.75, 3.05) is 0 Å². The lowest BCUT2D eigenvalue weighted by Gasteiger charge is -2.02. The zero-order chi connectivity index (χ0) is 8.27. The van der Waals surface area contributed by atoms with Crippen LogP contribution in [0.15, 0.2) is 29.2 Å². The van der Waals surface area contributed by atoms with Crippen molar-refractivity contribution in [1.29, 1.82) is 0 Å². The highest BCUT2D eigenvalue weighted by atomic mass is 35.5. The van der Waals surface area contributed by atoms with Crippen LogP contribution in [0.1, 0.15) is 18.2 Å². The Kier molecular flexibility index (Phi) is 2.74. The summed E-state index contributed by atoms with van der Waals surface area (Å²) in [6, 6.07) is 3.33. The van der Waals surface area contributed by atoms with Gasteiger partial charge < -0.3 is 10.2 Å². The minimum absolute atomic E-state index is 0.125. The maximum Gasteiger partial charge on any atom is 0.193 e. The van der Waals surface area contributed by atoms with E-state index in [2.05, 4.69) is 6.58 Å². The Balaban J connectivity index is 2.67. The Hall–Kier alpha value is -0.730. The number of hydrogen-bond acceptors (Lipinski definition) is 2. The second-order valence-corrected chi connectivity index (χ2v) is 2.65. The van der Waals surface area contributed by atoms with Gasteiger partial charge in [0.2, 0.25) is 0 Å². The molecule has 1 atom stereocenters. The molecule has 0 bridgehead atoms. The molecule has 60 valence electrons. The summed E-state index contributed by atoms with van der Waals surface area (Å²) in [5, 5.41) is 0.375. The summed E-state index contributed by atoms with van der Waals surface area (Å²) in [6.45, 7) is 3.58. The Labute approximate surface area is 70.6 Å². The fourth-order valence-electron chi connectivity index (χ4n) is 0.823. The molecule has 0 fully saturated rings. The summed E-state index contributed by atoms with van der Waals surface area (Å²) in [7, 11) is 0. The lowest BCUT2D eigenvalue weighted by molar-refractivity contribution is 0.469. The predicted octanol–water partition coefficient (Wildman–Crippen LogP) is 2.51. The van der Waals surface area contributed by atoms with E-state index in [0.29, 0.717) is 17.4 Å². The van der Waals surface area contributed by atoms with Gasteiger partial charge in [-0.05, 0) is 30.2 Å². The van der Waals surface area contributed by atoms with E-state index in [-0.39, 0.29) is 6.04 Å². The van der Waals surface area contributed by atoms with E-state index in [4.69, 9.17) is 21.8 Å². The third kappa shape index (κ3) is 2.10. The van der Waals surface area contributed by atoms with Crippen molar-refractivity contribution in [2.45, 2.75) is 12.5 Å². The van der Waals surface area contributed by atoms with Gasteiger partial charge in [-0.1, -0.05) is 6.08 Å². The molecule has 1 unspecified atom stereocenters. The summed E-state index contributed by atoms with van der Waals surface area (Å²) in [5.74, 6) is 0.704. The van der Waals surface area contributed by atoms with Gasteiger partial charge in [0.1, 0.15) is 5.76 Å². The summed E-state index contributed by atoms with van der Waals surface area (Å²) in [5.41, 5.74) is 5.70. The first-order valence-corrected chi connectivity index (χ1v) is 3.73. The number of nitrogens with two attached hydrogens (primary N) is 1. The highest BCUT2D eigenvalue weighted by molar-refractivity contribution is 6.28. The summed E-state index contributed by atoms with van der Waals surface area (Å²) >= 11 is 5.56. The van der Waals surface area contributed by atoms with Gasteiger partial charge in [-0.3, -0.25) is 0 Å². The predicted molar refractivity (Wildman–Crippen MR) is 45.5 cm³/mol. The van der Waals surface area contributed by atoms with E-state index in [1.807, 2.05) is 0 Å². The zero-order valence-corrected chi connectivity index (χ0v) is 6.84. The monoisotopic (exact) mass is 171 g/mol. The largest absolute Gasteiger partial charge is 0.448 e. The van der Waals surface area contributed by atoms with Crippen molar-refractivity contribution < 1.29 is 4.42 Å². The fraction of sp³-hybridized carbons (Fsp3) is 0.250. The Morgan fingerprint density at radius 1 is 1.73 bits per heavy atom. The molecule has 0 saturated heterocycles. The van der Waals surface area contributed by atoms with Gasteiger partial charge in [0.15, 0.2) is 5.22 Å². The Bertz CT molecular complexity index is 244. The molecule has 1 heterocycles. The van der Waals surface area contributed by atoms with Crippen LogP contribution < -0.4 is 5.73 Å². The molecule has 1 aromatic heterocycles. The van der Waals surface area contributed by atoms with Gasteiger partial charge >= 0.3 is 0 Å². The highest BCUT2D eigenvalue weighted by Crippen LogP contribution is 2.20. The summed E-state index contributed by atoms with van der Waals surface area (Å²) < 4.78 is 5.09. The molecule has 0 aliphatic heterocycles. The first kappa shape index (κ1) is 8.37. The van der Waals surface area contributed by atoms with Crippen molar-refractivity contribution in [3.8, 4) is 0 Å². The molecule has 1 rings (SSSR count). The van der Waals surface area contributed by atoms with Crippen LogP contribution >= 0.6 is 11.6 Å². The minimum Gasteiger partial charge on any atom is -0.448 e. The maximum atomic E-state index is 5.70.